The van der Waals surface area contributed by atoms with Crippen LogP contribution in [0.2, 0.25) is 0 Å². The van der Waals surface area contributed by atoms with Gasteiger partial charge in [0.25, 0.3) is 5.56 Å². The summed E-state index contributed by atoms with van der Waals surface area (Å²) in [6.45, 7) is -0.200. The van der Waals surface area contributed by atoms with E-state index in [1.807, 2.05) is 0 Å². The third-order valence-electron chi connectivity index (χ3n) is 5.73. The number of amides is 1. The number of carbonyl (C=O) groups excluding carboxylic acids is 1. The van der Waals surface area contributed by atoms with Crippen molar-refractivity contribution < 1.29 is 14.3 Å². The molecule has 0 spiro atoms. The first-order valence-electron chi connectivity index (χ1n) is 10.3. The van der Waals surface area contributed by atoms with Gasteiger partial charge >= 0.3 is 5.69 Å². The highest BCUT2D eigenvalue weighted by atomic mass is 32.1. The van der Waals surface area contributed by atoms with Gasteiger partial charge < -0.3 is 15.4 Å². The zero-order valence-corrected chi connectivity index (χ0v) is 17.6. The molecule has 3 aromatic rings. The van der Waals surface area contributed by atoms with Crippen LogP contribution in [0.5, 0.6) is 0 Å². The van der Waals surface area contributed by atoms with Crippen LogP contribution in [0.1, 0.15) is 49.4 Å². The lowest BCUT2D eigenvalue weighted by Crippen LogP contribution is -2.43. The summed E-state index contributed by atoms with van der Waals surface area (Å²) in [7, 11) is 0. The molecular formula is C21H23FN4O4S. The van der Waals surface area contributed by atoms with Crippen molar-refractivity contribution in [2.75, 3.05) is 5.32 Å². The number of H-pyrrole nitrogens is 1. The van der Waals surface area contributed by atoms with Crippen LogP contribution in [-0.2, 0) is 11.4 Å². The van der Waals surface area contributed by atoms with Gasteiger partial charge in [-0.05, 0) is 30.5 Å². The number of benzene rings is 1. The number of anilines is 1. The third-order valence-corrected chi connectivity index (χ3v) is 6.62. The summed E-state index contributed by atoms with van der Waals surface area (Å²) >= 11 is 1.12. The van der Waals surface area contributed by atoms with Crippen LogP contribution < -0.4 is 16.6 Å². The summed E-state index contributed by atoms with van der Waals surface area (Å²) in [6.07, 6.45) is 6.84. The highest BCUT2D eigenvalue weighted by Crippen LogP contribution is 2.31. The first-order chi connectivity index (χ1) is 15.0. The van der Waals surface area contributed by atoms with Crippen LogP contribution in [0.15, 0.2) is 34.0 Å². The van der Waals surface area contributed by atoms with Gasteiger partial charge in [0.1, 0.15) is 11.9 Å². The number of nitrogens with one attached hydrogen (secondary N) is 2. The van der Waals surface area contributed by atoms with Gasteiger partial charge in [0, 0.05) is 6.20 Å². The van der Waals surface area contributed by atoms with Crippen molar-refractivity contribution in [3.8, 4) is 0 Å². The molecular weight excluding hydrogens is 423 g/mol. The minimum Gasteiger partial charge on any atom is -0.391 e. The van der Waals surface area contributed by atoms with Crippen LogP contribution in [0.4, 0.5) is 9.52 Å². The van der Waals surface area contributed by atoms with Gasteiger partial charge in [0.2, 0.25) is 5.91 Å². The Hall–Kier alpha value is -2.85. The number of aliphatic hydroxyl groups is 1. The van der Waals surface area contributed by atoms with E-state index in [2.05, 4.69) is 15.3 Å². The van der Waals surface area contributed by atoms with Gasteiger partial charge in [-0.1, -0.05) is 43.4 Å². The number of aliphatic hydroxyl groups excluding tert-OH is 1. The fourth-order valence-electron chi connectivity index (χ4n) is 4.18. The first kappa shape index (κ1) is 21.4. The highest BCUT2D eigenvalue weighted by molar-refractivity contribution is 7.15. The zero-order chi connectivity index (χ0) is 22.0. The molecule has 164 valence electrons. The number of carbonyl (C=O) groups is 1. The zero-order valence-electron chi connectivity index (χ0n) is 16.8. The molecule has 0 saturated heterocycles. The second kappa shape index (κ2) is 9.11. The molecule has 1 amide bonds. The number of nitrogens with zero attached hydrogens (tertiary/aromatic N) is 2. The largest absolute Gasteiger partial charge is 0.391 e. The molecule has 1 aliphatic carbocycles. The summed E-state index contributed by atoms with van der Waals surface area (Å²) < 4.78 is 14.7. The number of fused-ring (bicyclic) bond motifs is 1. The number of hydrogen-bond acceptors (Lipinski definition) is 6. The molecule has 31 heavy (non-hydrogen) atoms. The number of thiazole rings is 1. The number of rotatable bonds is 6. The van der Waals surface area contributed by atoms with Crippen molar-refractivity contribution in [1.82, 2.24) is 14.5 Å². The SMILES string of the molecule is O=C(Nc1ncc(CO)s1)C(CC1CCCCC1)n1c(=O)[nH]c2ccc(F)cc2c1=O. The summed E-state index contributed by atoms with van der Waals surface area (Å²) in [4.78, 5) is 46.4. The highest BCUT2D eigenvalue weighted by Gasteiger charge is 2.29. The van der Waals surface area contributed by atoms with Crippen LogP contribution in [0, 0.1) is 11.7 Å². The molecule has 4 rings (SSSR count). The second-order valence-corrected chi connectivity index (χ2v) is 8.95. The minimum atomic E-state index is -1.06. The van der Waals surface area contributed by atoms with E-state index in [4.69, 9.17) is 0 Å². The Bertz CT molecular complexity index is 1210. The number of aromatic amines is 1. The summed E-state index contributed by atoms with van der Waals surface area (Å²) in [5, 5.41) is 12.2. The number of halogens is 1. The van der Waals surface area contributed by atoms with Crippen LogP contribution in [-0.4, -0.2) is 25.5 Å². The fourth-order valence-corrected chi connectivity index (χ4v) is 4.85. The molecule has 1 unspecified atom stereocenters. The summed E-state index contributed by atoms with van der Waals surface area (Å²) in [6, 6.07) is 2.50. The number of aromatic nitrogens is 3. The minimum absolute atomic E-state index is 0.0119. The van der Waals surface area contributed by atoms with Crippen molar-refractivity contribution in [3.63, 3.8) is 0 Å². The molecule has 1 aromatic carbocycles. The lowest BCUT2D eigenvalue weighted by atomic mass is 9.84. The molecule has 2 heterocycles. The van der Waals surface area contributed by atoms with E-state index in [9.17, 15) is 23.9 Å². The predicted octanol–water partition coefficient (Wildman–Crippen LogP) is 2.93. The Morgan fingerprint density at radius 2 is 2.10 bits per heavy atom. The van der Waals surface area contributed by atoms with Gasteiger partial charge in [-0.15, -0.1) is 0 Å². The lowest BCUT2D eigenvalue weighted by Gasteiger charge is -2.26. The molecule has 1 saturated carbocycles. The standard InChI is InChI=1S/C21H23FN4O4S/c22-13-6-7-16-15(9-13)19(29)26(21(30)24-16)17(8-12-4-2-1-3-5-12)18(28)25-20-23-10-14(11-27)31-20/h6-7,9-10,12,17,27H,1-5,8,11H2,(H,24,30)(H,23,25,28). The van der Waals surface area contributed by atoms with Crippen LogP contribution >= 0.6 is 11.3 Å². The van der Waals surface area contributed by atoms with Crippen molar-refractivity contribution in [2.45, 2.75) is 51.2 Å². The van der Waals surface area contributed by atoms with E-state index in [0.29, 0.717) is 11.3 Å². The normalized spacial score (nSPS) is 15.8. The van der Waals surface area contributed by atoms with Gasteiger partial charge in [0.05, 0.1) is 22.4 Å². The number of hydrogen-bond donors (Lipinski definition) is 3. The predicted molar refractivity (Wildman–Crippen MR) is 116 cm³/mol. The third kappa shape index (κ3) is 4.59. The van der Waals surface area contributed by atoms with Crippen molar-refractivity contribution >= 4 is 33.3 Å². The maximum atomic E-state index is 13.8. The van der Waals surface area contributed by atoms with Gasteiger partial charge in [-0.25, -0.2) is 18.7 Å². The van der Waals surface area contributed by atoms with E-state index in [0.717, 1.165) is 60.1 Å². The molecule has 2 aromatic heterocycles. The average molecular weight is 447 g/mol. The Morgan fingerprint density at radius 3 is 2.81 bits per heavy atom. The van der Waals surface area contributed by atoms with Crippen LogP contribution in [0.25, 0.3) is 10.9 Å². The van der Waals surface area contributed by atoms with E-state index in [1.54, 1.807) is 0 Å². The Labute approximate surface area is 180 Å². The van der Waals surface area contributed by atoms with Gasteiger partial charge in [-0.2, -0.15) is 0 Å². The molecule has 10 heteroatoms. The van der Waals surface area contributed by atoms with Crippen molar-refractivity contribution in [2.24, 2.45) is 5.92 Å². The topological polar surface area (TPSA) is 117 Å². The Kier molecular flexibility index (Phi) is 6.28. The maximum absolute atomic E-state index is 13.8. The molecule has 0 aliphatic heterocycles. The average Bonchev–Trinajstić information content (AvgIpc) is 3.22. The van der Waals surface area contributed by atoms with Gasteiger partial charge in [0.15, 0.2) is 5.13 Å². The van der Waals surface area contributed by atoms with E-state index < -0.39 is 29.0 Å². The molecule has 0 bridgehead atoms. The summed E-state index contributed by atoms with van der Waals surface area (Å²) in [5.41, 5.74) is -1.20. The van der Waals surface area contributed by atoms with Crippen LogP contribution in [0.3, 0.4) is 0 Å². The molecule has 1 aliphatic rings. The molecule has 1 fully saturated rings. The monoisotopic (exact) mass is 446 g/mol. The molecule has 3 N–H and O–H groups in total. The van der Waals surface area contributed by atoms with E-state index in [-0.39, 0.29) is 28.6 Å². The Balaban J connectivity index is 1.75. The lowest BCUT2D eigenvalue weighted by molar-refractivity contribution is -0.120. The van der Waals surface area contributed by atoms with Crippen molar-refractivity contribution in [3.05, 3.63) is 55.9 Å². The van der Waals surface area contributed by atoms with Crippen molar-refractivity contribution in [1.29, 1.82) is 0 Å². The van der Waals surface area contributed by atoms with Gasteiger partial charge in [-0.3, -0.25) is 9.59 Å². The quantitative estimate of drug-likeness (QED) is 0.538. The molecule has 0 radical (unpaired) electrons. The smallest absolute Gasteiger partial charge is 0.329 e. The molecule has 8 nitrogen and oxygen atoms in total. The fraction of sp³-hybridized carbons (Fsp3) is 0.429. The molecule has 1 atom stereocenters. The summed E-state index contributed by atoms with van der Waals surface area (Å²) in [5.74, 6) is -0.938. The second-order valence-electron chi connectivity index (χ2n) is 7.83. The Morgan fingerprint density at radius 1 is 1.32 bits per heavy atom. The first-order valence-corrected chi connectivity index (χ1v) is 11.1. The van der Waals surface area contributed by atoms with E-state index in [1.165, 1.54) is 12.3 Å². The van der Waals surface area contributed by atoms with E-state index >= 15 is 0 Å². The maximum Gasteiger partial charge on any atom is 0.329 e.